The lowest BCUT2D eigenvalue weighted by Gasteiger charge is -2.41. The summed E-state index contributed by atoms with van der Waals surface area (Å²) in [6.45, 7) is 5.03. The number of hydrogen-bond donors (Lipinski definition) is 2. The van der Waals surface area contributed by atoms with Gasteiger partial charge < -0.3 is 10.4 Å². The first-order valence-corrected chi connectivity index (χ1v) is 8.05. The first-order valence-electron chi connectivity index (χ1n) is 8.05. The lowest BCUT2D eigenvalue weighted by molar-refractivity contribution is -0.129. The van der Waals surface area contributed by atoms with Crippen molar-refractivity contribution in [2.45, 2.75) is 51.4 Å². The van der Waals surface area contributed by atoms with E-state index in [-0.39, 0.29) is 17.9 Å². The van der Waals surface area contributed by atoms with Crippen molar-refractivity contribution in [2.75, 3.05) is 13.2 Å². The molecule has 116 valence electrons. The summed E-state index contributed by atoms with van der Waals surface area (Å²) < 4.78 is 0. The van der Waals surface area contributed by atoms with Crippen molar-refractivity contribution in [3.63, 3.8) is 0 Å². The third-order valence-electron chi connectivity index (χ3n) is 4.68. The standard InChI is InChI=1S/C18H27NO2/c1-14-6-3-8-16(12-14)18(9-5-10-18)17(21)19-11-4-7-15(2)13-20/h3,6,8,12,15,20H,4-5,7,9-11,13H2,1-2H3,(H,19,21). The minimum atomic E-state index is -0.297. The Labute approximate surface area is 127 Å². The Bertz CT molecular complexity index is 480. The number of rotatable bonds is 7. The average Bonchev–Trinajstić information content (AvgIpc) is 2.42. The van der Waals surface area contributed by atoms with Crippen LogP contribution in [0.25, 0.3) is 0 Å². The van der Waals surface area contributed by atoms with Gasteiger partial charge in [-0.25, -0.2) is 0 Å². The summed E-state index contributed by atoms with van der Waals surface area (Å²) in [6.07, 6.45) is 4.92. The molecule has 0 saturated heterocycles. The van der Waals surface area contributed by atoms with Crippen molar-refractivity contribution in [3.8, 4) is 0 Å². The van der Waals surface area contributed by atoms with Gasteiger partial charge in [0.05, 0.1) is 5.41 Å². The van der Waals surface area contributed by atoms with E-state index in [4.69, 9.17) is 5.11 Å². The van der Waals surface area contributed by atoms with Crippen molar-refractivity contribution in [1.29, 1.82) is 0 Å². The molecule has 0 radical (unpaired) electrons. The normalized spacial score (nSPS) is 17.9. The van der Waals surface area contributed by atoms with Crippen LogP contribution in [-0.4, -0.2) is 24.2 Å². The Morgan fingerprint density at radius 1 is 1.43 bits per heavy atom. The van der Waals surface area contributed by atoms with Crippen LogP contribution in [0, 0.1) is 12.8 Å². The minimum absolute atomic E-state index is 0.177. The second kappa shape index (κ2) is 7.08. The Hall–Kier alpha value is -1.35. The van der Waals surface area contributed by atoms with E-state index in [1.807, 2.05) is 13.0 Å². The fraction of sp³-hybridized carbons (Fsp3) is 0.611. The molecule has 0 spiro atoms. The molecule has 3 heteroatoms. The quantitative estimate of drug-likeness (QED) is 0.758. The van der Waals surface area contributed by atoms with Crippen molar-refractivity contribution < 1.29 is 9.90 Å². The van der Waals surface area contributed by atoms with Crippen LogP contribution in [0.2, 0.25) is 0 Å². The number of benzene rings is 1. The molecular formula is C18H27NO2. The zero-order valence-corrected chi connectivity index (χ0v) is 13.2. The monoisotopic (exact) mass is 289 g/mol. The van der Waals surface area contributed by atoms with Crippen LogP contribution in [0.15, 0.2) is 24.3 Å². The van der Waals surface area contributed by atoms with Gasteiger partial charge in [-0.3, -0.25) is 4.79 Å². The summed E-state index contributed by atoms with van der Waals surface area (Å²) in [5.41, 5.74) is 2.08. The maximum absolute atomic E-state index is 12.6. The first kappa shape index (κ1) is 16.0. The summed E-state index contributed by atoms with van der Waals surface area (Å²) in [6, 6.07) is 8.34. The van der Waals surface area contributed by atoms with Crippen LogP contribution < -0.4 is 5.32 Å². The zero-order valence-electron chi connectivity index (χ0n) is 13.2. The van der Waals surface area contributed by atoms with Gasteiger partial charge in [0.2, 0.25) is 5.91 Å². The molecule has 1 aromatic rings. The number of carbonyl (C=O) groups is 1. The number of carbonyl (C=O) groups excluding carboxylic acids is 1. The van der Waals surface area contributed by atoms with Crippen LogP contribution in [0.3, 0.4) is 0 Å². The topological polar surface area (TPSA) is 49.3 Å². The first-order chi connectivity index (χ1) is 10.1. The predicted octanol–water partition coefficient (Wildman–Crippen LogP) is 2.94. The fourth-order valence-corrected chi connectivity index (χ4v) is 3.03. The van der Waals surface area contributed by atoms with E-state index >= 15 is 0 Å². The lowest BCUT2D eigenvalue weighted by atomic mass is 9.63. The van der Waals surface area contributed by atoms with E-state index in [9.17, 15) is 4.79 Å². The van der Waals surface area contributed by atoms with E-state index in [0.717, 1.165) is 37.7 Å². The smallest absolute Gasteiger partial charge is 0.230 e. The molecule has 0 heterocycles. The number of aryl methyl sites for hydroxylation is 1. The zero-order chi connectivity index (χ0) is 15.3. The number of aliphatic hydroxyl groups is 1. The Kier molecular flexibility index (Phi) is 5.40. The molecule has 1 aliphatic rings. The number of hydrogen-bond acceptors (Lipinski definition) is 2. The number of aliphatic hydroxyl groups excluding tert-OH is 1. The van der Waals surface area contributed by atoms with Crippen LogP contribution in [-0.2, 0) is 10.2 Å². The van der Waals surface area contributed by atoms with Gasteiger partial charge in [-0.1, -0.05) is 43.2 Å². The van der Waals surface area contributed by atoms with Crippen LogP contribution >= 0.6 is 0 Å². The summed E-state index contributed by atoms with van der Waals surface area (Å²) in [4.78, 5) is 12.6. The highest BCUT2D eigenvalue weighted by molar-refractivity contribution is 5.89. The molecule has 1 saturated carbocycles. The van der Waals surface area contributed by atoms with Crippen LogP contribution in [0.1, 0.15) is 50.2 Å². The highest BCUT2D eigenvalue weighted by Gasteiger charge is 2.45. The highest BCUT2D eigenvalue weighted by atomic mass is 16.3. The largest absolute Gasteiger partial charge is 0.396 e. The maximum Gasteiger partial charge on any atom is 0.230 e. The van der Waals surface area contributed by atoms with Gasteiger partial charge >= 0.3 is 0 Å². The molecule has 1 unspecified atom stereocenters. The number of amides is 1. The van der Waals surface area contributed by atoms with Crippen LogP contribution in [0.5, 0.6) is 0 Å². The molecule has 0 aromatic heterocycles. The molecule has 2 N–H and O–H groups in total. The maximum atomic E-state index is 12.6. The Morgan fingerprint density at radius 3 is 2.76 bits per heavy atom. The number of nitrogens with one attached hydrogen (secondary N) is 1. The van der Waals surface area contributed by atoms with Gasteiger partial charge in [0.25, 0.3) is 0 Å². The molecule has 21 heavy (non-hydrogen) atoms. The average molecular weight is 289 g/mol. The van der Waals surface area contributed by atoms with Gasteiger partial charge in [-0.15, -0.1) is 0 Å². The molecule has 1 fully saturated rings. The van der Waals surface area contributed by atoms with E-state index in [2.05, 4.69) is 30.4 Å². The Morgan fingerprint density at radius 2 is 2.19 bits per heavy atom. The summed E-state index contributed by atoms with van der Waals surface area (Å²) in [5, 5.41) is 12.1. The van der Waals surface area contributed by atoms with Gasteiger partial charge in [0, 0.05) is 13.2 Å². The minimum Gasteiger partial charge on any atom is -0.396 e. The molecule has 1 atom stereocenters. The van der Waals surface area contributed by atoms with Gasteiger partial charge in [0.1, 0.15) is 0 Å². The Balaban J connectivity index is 1.93. The van der Waals surface area contributed by atoms with E-state index in [0.29, 0.717) is 12.5 Å². The van der Waals surface area contributed by atoms with Crippen molar-refractivity contribution in [3.05, 3.63) is 35.4 Å². The summed E-state index contributed by atoms with van der Waals surface area (Å²) >= 11 is 0. The molecule has 1 aromatic carbocycles. The second-order valence-corrected chi connectivity index (χ2v) is 6.49. The van der Waals surface area contributed by atoms with E-state index in [1.54, 1.807) is 0 Å². The third kappa shape index (κ3) is 3.65. The third-order valence-corrected chi connectivity index (χ3v) is 4.68. The van der Waals surface area contributed by atoms with Gasteiger partial charge in [-0.2, -0.15) is 0 Å². The molecular weight excluding hydrogens is 262 g/mol. The second-order valence-electron chi connectivity index (χ2n) is 6.49. The van der Waals surface area contributed by atoms with Gasteiger partial charge in [0.15, 0.2) is 0 Å². The highest BCUT2D eigenvalue weighted by Crippen LogP contribution is 2.44. The van der Waals surface area contributed by atoms with Crippen molar-refractivity contribution in [2.24, 2.45) is 5.92 Å². The van der Waals surface area contributed by atoms with Crippen molar-refractivity contribution in [1.82, 2.24) is 5.32 Å². The molecule has 0 aliphatic heterocycles. The summed E-state index contributed by atoms with van der Waals surface area (Å²) in [7, 11) is 0. The molecule has 1 aliphatic carbocycles. The molecule has 3 nitrogen and oxygen atoms in total. The predicted molar refractivity (Wildman–Crippen MR) is 85.2 cm³/mol. The van der Waals surface area contributed by atoms with E-state index in [1.165, 1.54) is 5.56 Å². The van der Waals surface area contributed by atoms with Crippen molar-refractivity contribution >= 4 is 5.91 Å². The van der Waals surface area contributed by atoms with E-state index < -0.39 is 0 Å². The van der Waals surface area contributed by atoms with Crippen LogP contribution in [0.4, 0.5) is 0 Å². The SMILES string of the molecule is Cc1cccc(C2(C(=O)NCCCC(C)CO)CCC2)c1. The van der Waals surface area contributed by atoms with Gasteiger partial charge in [-0.05, 0) is 44.1 Å². The lowest BCUT2D eigenvalue weighted by Crippen LogP contribution is -2.49. The fourth-order valence-electron chi connectivity index (χ4n) is 3.03. The molecule has 0 bridgehead atoms. The summed E-state index contributed by atoms with van der Waals surface area (Å²) in [5.74, 6) is 0.493. The molecule has 1 amide bonds. The molecule has 2 rings (SSSR count).